The van der Waals surface area contributed by atoms with Gasteiger partial charge in [0.2, 0.25) is 0 Å². The molecule has 0 unspecified atom stereocenters. The number of nitrogens with two attached hydrogens (primary N) is 1. The Bertz CT molecular complexity index is 555. The maximum absolute atomic E-state index is 6.21. The molecule has 2 aromatic rings. The minimum absolute atomic E-state index is 0.485. The first-order valence-electron chi connectivity index (χ1n) is 6.08. The molecule has 0 amide bonds. The van der Waals surface area contributed by atoms with Crippen LogP contribution in [-0.4, -0.2) is 0 Å². The minimum Gasteiger partial charge on any atom is -0.363 e. The van der Waals surface area contributed by atoms with Gasteiger partial charge < -0.3 is 10.6 Å². The Morgan fingerprint density at radius 3 is 2.28 bits per heavy atom. The first kappa shape index (κ1) is 11.6. The van der Waals surface area contributed by atoms with Crippen LogP contribution in [0, 0.1) is 0 Å². The highest BCUT2D eigenvalue weighted by Gasteiger charge is 2.18. The number of anilines is 1. The predicted molar refractivity (Wildman–Crippen MR) is 75.7 cm³/mol. The first-order chi connectivity index (χ1) is 8.78. The number of rotatable bonds is 2. The fourth-order valence-electron chi connectivity index (χ4n) is 2.41. The van der Waals surface area contributed by atoms with Gasteiger partial charge in [-0.15, -0.1) is 0 Å². The minimum atomic E-state index is 0.485. The third kappa shape index (κ3) is 1.98. The van der Waals surface area contributed by atoms with Crippen molar-refractivity contribution in [2.75, 3.05) is 4.90 Å². The molecule has 18 heavy (non-hydrogen) atoms. The van der Waals surface area contributed by atoms with Gasteiger partial charge in [-0.05, 0) is 28.8 Å². The fraction of sp³-hybridized carbons (Fsp3) is 0.200. The molecule has 2 nitrogen and oxygen atoms in total. The summed E-state index contributed by atoms with van der Waals surface area (Å²) in [4.78, 5) is 2.33. The van der Waals surface area contributed by atoms with Crippen molar-refractivity contribution in [1.82, 2.24) is 0 Å². The second-order valence-electron chi connectivity index (χ2n) is 4.60. The molecule has 0 fully saturated rings. The number of halogens is 1. The van der Waals surface area contributed by atoms with E-state index < -0.39 is 0 Å². The third-order valence-electron chi connectivity index (χ3n) is 3.46. The van der Waals surface area contributed by atoms with E-state index in [2.05, 4.69) is 35.2 Å². The molecule has 2 N–H and O–H groups in total. The Kier molecular flexibility index (Phi) is 2.98. The van der Waals surface area contributed by atoms with Gasteiger partial charge in [0, 0.05) is 30.3 Å². The van der Waals surface area contributed by atoms with Crippen LogP contribution in [-0.2, 0) is 19.6 Å². The van der Waals surface area contributed by atoms with Crippen LogP contribution in [0.25, 0.3) is 0 Å². The van der Waals surface area contributed by atoms with Crippen molar-refractivity contribution in [3.8, 4) is 0 Å². The summed E-state index contributed by atoms with van der Waals surface area (Å²) in [7, 11) is 0. The normalized spacial score (nSPS) is 13.8. The summed E-state index contributed by atoms with van der Waals surface area (Å²) in [6.07, 6.45) is 0. The van der Waals surface area contributed by atoms with Crippen LogP contribution in [0.2, 0.25) is 5.02 Å². The molecular formula is C15H15ClN2. The number of nitrogens with zero attached hydrogens (tertiary/aromatic N) is 1. The molecule has 0 bridgehead atoms. The van der Waals surface area contributed by atoms with E-state index in [9.17, 15) is 0 Å². The van der Waals surface area contributed by atoms with Crippen LogP contribution >= 0.6 is 11.6 Å². The van der Waals surface area contributed by atoms with Gasteiger partial charge in [0.1, 0.15) is 0 Å². The standard InChI is InChI=1S/C15H15ClN2/c16-15-7-14(6-5-11(15)8-17)18-9-12-3-1-2-4-13(12)10-18/h1-7H,8-10,17H2. The van der Waals surface area contributed by atoms with E-state index in [1.807, 2.05) is 12.1 Å². The summed E-state index contributed by atoms with van der Waals surface area (Å²) in [5.74, 6) is 0. The molecule has 1 aliphatic heterocycles. The van der Waals surface area contributed by atoms with Gasteiger partial charge in [-0.2, -0.15) is 0 Å². The lowest BCUT2D eigenvalue weighted by Gasteiger charge is -2.18. The highest BCUT2D eigenvalue weighted by atomic mass is 35.5. The van der Waals surface area contributed by atoms with Gasteiger partial charge in [0.25, 0.3) is 0 Å². The Morgan fingerprint density at radius 2 is 1.72 bits per heavy atom. The second kappa shape index (κ2) is 4.63. The molecule has 0 saturated carbocycles. The number of hydrogen-bond donors (Lipinski definition) is 1. The van der Waals surface area contributed by atoms with Crippen LogP contribution in [0.15, 0.2) is 42.5 Å². The average molecular weight is 259 g/mol. The van der Waals surface area contributed by atoms with Crippen molar-refractivity contribution in [1.29, 1.82) is 0 Å². The Morgan fingerprint density at radius 1 is 1.06 bits per heavy atom. The summed E-state index contributed by atoms with van der Waals surface area (Å²) in [5.41, 5.74) is 10.6. The van der Waals surface area contributed by atoms with Gasteiger partial charge >= 0.3 is 0 Å². The lowest BCUT2D eigenvalue weighted by atomic mass is 10.1. The van der Waals surface area contributed by atoms with Gasteiger partial charge in [-0.1, -0.05) is 41.9 Å². The zero-order valence-corrected chi connectivity index (χ0v) is 10.8. The summed E-state index contributed by atoms with van der Waals surface area (Å²) in [6, 6.07) is 14.7. The summed E-state index contributed by atoms with van der Waals surface area (Å²) in [6.45, 7) is 2.39. The Hall–Kier alpha value is -1.51. The number of hydrogen-bond acceptors (Lipinski definition) is 2. The molecule has 2 aromatic carbocycles. The quantitative estimate of drug-likeness (QED) is 0.895. The molecule has 1 heterocycles. The molecule has 92 valence electrons. The topological polar surface area (TPSA) is 29.3 Å². The van der Waals surface area contributed by atoms with E-state index in [1.165, 1.54) is 11.1 Å². The smallest absolute Gasteiger partial charge is 0.0471 e. The summed E-state index contributed by atoms with van der Waals surface area (Å²) >= 11 is 6.21. The van der Waals surface area contributed by atoms with E-state index in [4.69, 9.17) is 17.3 Å². The van der Waals surface area contributed by atoms with Crippen LogP contribution in [0.3, 0.4) is 0 Å². The highest BCUT2D eigenvalue weighted by molar-refractivity contribution is 6.31. The SMILES string of the molecule is NCc1ccc(N2Cc3ccccc3C2)cc1Cl. The molecule has 3 rings (SSSR count). The lowest BCUT2D eigenvalue weighted by molar-refractivity contribution is 0.879. The van der Waals surface area contributed by atoms with Crippen molar-refractivity contribution < 1.29 is 0 Å². The predicted octanol–water partition coefficient (Wildman–Crippen LogP) is 3.32. The molecule has 3 heteroatoms. The van der Waals surface area contributed by atoms with E-state index in [-0.39, 0.29) is 0 Å². The van der Waals surface area contributed by atoms with Gasteiger partial charge in [0.05, 0.1) is 0 Å². The first-order valence-corrected chi connectivity index (χ1v) is 6.46. The van der Waals surface area contributed by atoms with Crippen molar-refractivity contribution in [3.63, 3.8) is 0 Å². The van der Waals surface area contributed by atoms with E-state index in [0.717, 1.165) is 29.4 Å². The second-order valence-corrected chi connectivity index (χ2v) is 5.01. The van der Waals surface area contributed by atoms with Crippen molar-refractivity contribution in [3.05, 3.63) is 64.2 Å². The fourth-order valence-corrected chi connectivity index (χ4v) is 2.67. The number of fused-ring (bicyclic) bond motifs is 1. The van der Waals surface area contributed by atoms with E-state index in [0.29, 0.717) is 6.54 Å². The van der Waals surface area contributed by atoms with Crippen LogP contribution in [0.4, 0.5) is 5.69 Å². The van der Waals surface area contributed by atoms with E-state index in [1.54, 1.807) is 0 Å². The molecular weight excluding hydrogens is 244 g/mol. The van der Waals surface area contributed by atoms with Crippen molar-refractivity contribution in [2.24, 2.45) is 5.73 Å². The van der Waals surface area contributed by atoms with Gasteiger partial charge in [-0.3, -0.25) is 0 Å². The maximum Gasteiger partial charge on any atom is 0.0471 e. The molecule has 0 aliphatic carbocycles. The summed E-state index contributed by atoms with van der Waals surface area (Å²) < 4.78 is 0. The molecule has 0 radical (unpaired) electrons. The monoisotopic (exact) mass is 258 g/mol. The zero-order chi connectivity index (χ0) is 12.5. The average Bonchev–Trinajstić information content (AvgIpc) is 2.82. The Balaban J connectivity index is 1.88. The Labute approximate surface area is 112 Å². The van der Waals surface area contributed by atoms with Crippen LogP contribution in [0.5, 0.6) is 0 Å². The van der Waals surface area contributed by atoms with Gasteiger partial charge in [-0.25, -0.2) is 0 Å². The lowest BCUT2D eigenvalue weighted by Crippen LogP contribution is -2.14. The van der Waals surface area contributed by atoms with Crippen LogP contribution < -0.4 is 10.6 Å². The molecule has 1 aliphatic rings. The van der Waals surface area contributed by atoms with Crippen LogP contribution in [0.1, 0.15) is 16.7 Å². The molecule has 0 aromatic heterocycles. The molecule has 0 saturated heterocycles. The summed E-state index contributed by atoms with van der Waals surface area (Å²) in [5, 5.41) is 0.756. The third-order valence-corrected chi connectivity index (χ3v) is 3.81. The van der Waals surface area contributed by atoms with Crippen molar-refractivity contribution >= 4 is 17.3 Å². The maximum atomic E-state index is 6.21. The highest BCUT2D eigenvalue weighted by Crippen LogP contribution is 2.30. The number of benzene rings is 2. The largest absolute Gasteiger partial charge is 0.363 e. The molecule has 0 atom stereocenters. The van der Waals surface area contributed by atoms with Crippen molar-refractivity contribution in [2.45, 2.75) is 19.6 Å². The van der Waals surface area contributed by atoms with E-state index >= 15 is 0 Å². The van der Waals surface area contributed by atoms with Gasteiger partial charge in [0.15, 0.2) is 0 Å². The molecule has 0 spiro atoms. The zero-order valence-electron chi connectivity index (χ0n) is 10.1.